The van der Waals surface area contributed by atoms with E-state index in [0.29, 0.717) is 0 Å². The van der Waals surface area contributed by atoms with Gasteiger partial charge < -0.3 is 15.4 Å². The van der Waals surface area contributed by atoms with Crippen LogP contribution >= 0.6 is 0 Å². The average molecular weight is 297 g/mol. The van der Waals surface area contributed by atoms with Gasteiger partial charge in [-0.1, -0.05) is 0 Å². The highest BCUT2D eigenvalue weighted by atomic mass is 32.2. The van der Waals surface area contributed by atoms with Crippen LogP contribution in [0.15, 0.2) is 17.2 Å². The Morgan fingerprint density at radius 1 is 1.58 bits per heavy atom. The van der Waals surface area contributed by atoms with E-state index >= 15 is 0 Å². The predicted octanol–water partition coefficient (Wildman–Crippen LogP) is -0.972. The molecule has 0 saturated carbocycles. The van der Waals surface area contributed by atoms with Crippen LogP contribution in [0.3, 0.4) is 0 Å². The summed E-state index contributed by atoms with van der Waals surface area (Å²) in [5.41, 5.74) is 4.97. The van der Waals surface area contributed by atoms with Gasteiger partial charge >= 0.3 is 0 Å². The minimum atomic E-state index is -4.10. The van der Waals surface area contributed by atoms with Crippen LogP contribution in [0.25, 0.3) is 0 Å². The SMILES string of the molecule is Cn1cc(S(=O)(=O)NCC(O)C(F)F)cc1C(N)=O. The summed E-state index contributed by atoms with van der Waals surface area (Å²) in [5, 5.41) is 8.83. The molecule has 10 heteroatoms. The molecule has 7 nitrogen and oxygen atoms in total. The molecule has 19 heavy (non-hydrogen) atoms. The topological polar surface area (TPSA) is 114 Å². The third-order valence-corrected chi connectivity index (χ3v) is 3.71. The number of alkyl halides is 2. The minimum Gasteiger partial charge on any atom is -0.386 e. The predicted molar refractivity (Wildman–Crippen MR) is 61.1 cm³/mol. The Labute approximate surface area is 108 Å². The molecular formula is C9H13F2N3O4S. The maximum Gasteiger partial charge on any atom is 0.265 e. The van der Waals surface area contributed by atoms with Gasteiger partial charge in [0.1, 0.15) is 16.7 Å². The number of primary amides is 1. The Kier molecular flexibility index (Phi) is 4.61. The number of carbonyl (C=O) groups excluding carboxylic acids is 1. The van der Waals surface area contributed by atoms with E-state index < -0.39 is 35.0 Å². The molecule has 1 aromatic heterocycles. The lowest BCUT2D eigenvalue weighted by Gasteiger charge is -2.10. The molecule has 1 aromatic rings. The van der Waals surface area contributed by atoms with Crippen LogP contribution in [-0.4, -0.2) is 43.1 Å². The van der Waals surface area contributed by atoms with Crippen molar-refractivity contribution in [2.24, 2.45) is 12.8 Å². The summed E-state index contributed by atoms with van der Waals surface area (Å²) in [7, 11) is -2.69. The number of nitrogens with zero attached hydrogens (tertiary/aromatic N) is 1. The number of nitrogens with one attached hydrogen (secondary N) is 1. The second-order valence-corrected chi connectivity index (χ2v) is 5.56. The summed E-state index contributed by atoms with van der Waals surface area (Å²) in [6.07, 6.45) is -4.05. The third kappa shape index (κ3) is 3.72. The number of aliphatic hydroxyl groups is 1. The van der Waals surface area contributed by atoms with Crippen molar-refractivity contribution in [3.05, 3.63) is 18.0 Å². The Bertz CT molecular complexity index is 570. The van der Waals surface area contributed by atoms with Gasteiger partial charge in [0.05, 0.1) is 0 Å². The summed E-state index contributed by atoms with van der Waals surface area (Å²) >= 11 is 0. The summed E-state index contributed by atoms with van der Waals surface area (Å²) < 4.78 is 50.5. The van der Waals surface area contributed by atoms with Gasteiger partial charge in [-0.25, -0.2) is 21.9 Å². The van der Waals surface area contributed by atoms with Gasteiger partial charge in [0, 0.05) is 19.8 Å². The van der Waals surface area contributed by atoms with Crippen LogP contribution in [0.5, 0.6) is 0 Å². The molecule has 1 heterocycles. The van der Waals surface area contributed by atoms with Crippen LogP contribution in [0.2, 0.25) is 0 Å². The molecule has 0 radical (unpaired) electrons. The molecule has 1 amide bonds. The number of aryl methyl sites for hydroxylation is 1. The van der Waals surface area contributed by atoms with Crippen molar-refractivity contribution < 1.29 is 27.1 Å². The van der Waals surface area contributed by atoms with Crippen LogP contribution in [0.1, 0.15) is 10.5 Å². The fourth-order valence-corrected chi connectivity index (χ4v) is 2.41. The molecule has 0 fully saturated rings. The molecule has 1 rings (SSSR count). The van der Waals surface area contributed by atoms with Gasteiger partial charge in [-0.15, -0.1) is 0 Å². The molecule has 1 unspecified atom stereocenters. The molecule has 0 aliphatic heterocycles. The maximum atomic E-state index is 12.0. The van der Waals surface area contributed by atoms with Gasteiger partial charge in [-0.3, -0.25) is 4.79 Å². The Morgan fingerprint density at radius 3 is 2.58 bits per heavy atom. The van der Waals surface area contributed by atoms with Gasteiger partial charge in [0.25, 0.3) is 12.3 Å². The second kappa shape index (κ2) is 5.63. The number of nitrogens with two attached hydrogens (primary N) is 1. The van der Waals surface area contributed by atoms with E-state index in [9.17, 15) is 22.0 Å². The van der Waals surface area contributed by atoms with Gasteiger partial charge in [0.15, 0.2) is 0 Å². The number of carbonyl (C=O) groups is 1. The first-order valence-electron chi connectivity index (χ1n) is 5.07. The van der Waals surface area contributed by atoms with Gasteiger partial charge in [-0.2, -0.15) is 0 Å². The smallest absolute Gasteiger partial charge is 0.265 e. The van der Waals surface area contributed by atoms with Crippen LogP contribution in [-0.2, 0) is 17.1 Å². The quantitative estimate of drug-likeness (QED) is 0.626. The zero-order valence-corrected chi connectivity index (χ0v) is 10.7. The van der Waals surface area contributed by atoms with E-state index in [-0.39, 0.29) is 10.6 Å². The molecule has 0 aliphatic rings. The van der Waals surface area contributed by atoms with Crippen molar-refractivity contribution in [2.75, 3.05) is 6.54 Å². The minimum absolute atomic E-state index is 0.0465. The number of rotatable bonds is 6. The molecule has 0 saturated heterocycles. The fourth-order valence-electron chi connectivity index (χ4n) is 1.29. The summed E-state index contributed by atoms with van der Waals surface area (Å²) in [4.78, 5) is 10.7. The second-order valence-electron chi connectivity index (χ2n) is 3.79. The Hall–Kier alpha value is -1.52. The number of amides is 1. The van der Waals surface area contributed by atoms with E-state index in [1.54, 1.807) is 0 Å². The number of sulfonamides is 1. The molecule has 0 aromatic carbocycles. The maximum absolute atomic E-state index is 12.0. The molecule has 108 valence electrons. The van der Waals surface area contributed by atoms with E-state index in [2.05, 4.69) is 0 Å². The number of halogens is 2. The van der Waals surface area contributed by atoms with Crippen LogP contribution in [0, 0.1) is 0 Å². The number of hydrogen-bond acceptors (Lipinski definition) is 4. The normalized spacial score (nSPS) is 13.7. The van der Waals surface area contributed by atoms with Gasteiger partial charge in [-0.05, 0) is 6.07 Å². The highest BCUT2D eigenvalue weighted by Crippen LogP contribution is 2.13. The summed E-state index contributed by atoms with van der Waals surface area (Å²) in [5.74, 6) is -0.823. The largest absolute Gasteiger partial charge is 0.386 e. The van der Waals surface area contributed by atoms with Crippen molar-refractivity contribution >= 4 is 15.9 Å². The first-order chi connectivity index (χ1) is 8.65. The summed E-state index contributed by atoms with van der Waals surface area (Å²) in [6, 6.07) is 1.01. The zero-order valence-electron chi connectivity index (χ0n) is 9.88. The lowest BCUT2D eigenvalue weighted by molar-refractivity contribution is -0.000451. The third-order valence-electron chi connectivity index (χ3n) is 2.32. The molecule has 0 bridgehead atoms. The average Bonchev–Trinajstić information content (AvgIpc) is 2.69. The van der Waals surface area contributed by atoms with Crippen molar-refractivity contribution in [2.45, 2.75) is 17.4 Å². The Morgan fingerprint density at radius 2 is 2.16 bits per heavy atom. The van der Waals surface area contributed by atoms with Crippen molar-refractivity contribution in [1.29, 1.82) is 0 Å². The number of aromatic nitrogens is 1. The Balaban J connectivity index is 2.89. The van der Waals surface area contributed by atoms with E-state index in [1.165, 1.54) is 11.6 Å². The van der Waals surface area contributed by atoms with E-state index in [4.69, 9.17) is 10.8 Å². The van der Waals surface area contributed by atoms with Gasteiger partial charge in [0.2, 0.25) is 10.0 Å². The first-order valence-corrected chi connectivity index (χ1v) is 6.55. The number of aliphatic hydroxyl groups excluding tert-OH is 1. The highest BCUT2D eigenvalue weighted by Gasteiger charge is 2.23. The molecule has 0 spiro atoms. The van der Waals surface area contributed by atoms with Crippen molar-refractivity contribution in [1.82, 2.24) is 9.29 Å². The molecule has 0 aliphatic carbocycles. The van der Waals surface area contributed by atoms with Crippen LogP contribution in [0.4, 0.5) is 8.78 Å². The van der Waals surface area contributed by atoms with E-state index in [1.807, 2.05) is 4.72 Å². The standard InChI is InChI=1S/C9H13F2N3O4S/c1-14-4-5(2-6(14)9(12)16)19(17,18)13-3-7(15)8(10)11/h2,4,7-8,13,15H,3H2,1H3,(H2,12,16). The van der Waals surface area contributed by atoms with Crippen molar-refractivity contribution in [3.8, 4) is 0 Å². The molecular weight excluding hydrogens is 284 g/mol. The summed E-state index contributed by atoms with van der Waals surface area (Å²) in [6.45, 7) is -0.833. The molecule has 4 N–H and O–H groups in total. The van der Waals surface area contributed by atoms with Crippen LogP contribution < -0.4 is 10.5 Å². The lowest BCUT2D eigenvalue weighted by Crippen LogP contribution is -2.35. The zero-order chi connectivity index (χ0) is 14.8. The van der Waals surface area contributed by atoms with Crippen molar-refractivity contribution in [3.63, 3.8) is 0 Å². The fraction of sp³-hybridized carbons (Fsp3) is 0.444. The first kappa shape index (κ1) is 15.5. The van der Waals surface area contributed by atoms with E-state index in [0.717, 1.165) is 12.3 Å². The monoisotopic (exact) mass is 297 g/mol. The number of hydrogen-bond donors (Lipinski definition) is 3. The molecule has 1 atom stereocenters. The lowest BCUT2D eigenvalue weighted by atomic mass is 10.4. The highest BCUT2D eigenvalue weighted by molar-refractivity contribution is 7.89.